The van der Waals surface area contributed by atoms with Crippen LogP contribution in [0.4, 0.5) is 0 Å². The Morgan fingerprint density at radius 1 is 1.19 bits per heavy atom. The summed E-state index contributed by atoms with van der Waals surface area (Å²) < 4.78 is 36.5. The van der Waals surface area contributed by atoms with Gasteiger partial charge in [-0.2, -0.15) is 4.31 Å². The molecule has 1 saturated heterocycles. The van der Waals surface area contributed by atoms with Crippen LogP contribution in [0.3, 0.4) is 0 Å². The summed E-state index contributed by atoms with van der Waals surface area (Å²) in [4.78, 5) is 0. The highest BCUT2D eigenvalue weighted by molar-refractivity contribution is 7.88. The second-order valence-electron chi connectivity index (χ2n) is 5.87. The molecule has 1 aliphatic heterocycles. The number of fused-ring (bicyclic) bond motifs is 2. The number of ether oxygens (including phenoxy) is 2. The Morgan fingerprint density at radius 3 is 2.48 bits per heavy atom. The molecule has 0 radical (unpaired) electrons. The molecule has 0 spiro atoms. The summed E-state index contributed by atoms with van der Waals surface area (Å²) in [5.41, 5.74) is 0. The van der Waals surface area contributed by atoms with Crippen LogP contribution < -0.4 is 9.47 Å². The molecule has 1 aliphatic carbocycles. The maximum absolute atomic E-state index is 12.0. The van der Waals surface area contributed by atoms with E-state index in [1.165, 1.54) is 6.26 Å². The van der Waals surface area contributed by atoms with Gasteiger partial charge in [-0.3, -0.25) is 0 Å². The van der Waals surface area contributed by atoms with Crippen molar-refractivity contribution < 1.29 is 17.9 Å². The van der Waals surface area contributed by atoms with Crippen molar-refractivity contribution in [1.82, 2.24) is 4.31 Å². The van der Waals surface area contributed by atoms with Crippen LogP contribution in [0.5, 0.6) is 11.5 Å². The van der Waals surface area contributed by atoms with Crippen LogP contribution in [0, 0.1) is 5.92 Å². The van der Waals surface area contributed by atoms with Crippen molar-refractivity contribution >= 4 is 10.0 Å². The van der Waals surface area contributed by atoms with E-state index >= 15 is 0 Å². The molecule has 1 aromatic carbocycles. The second-order valence-corrected chi connectivity index (χ2v) is 7.76. The van der Waals surface area contributed by atoms with Gasteiger partial charge in [-0.05, 0) is 49.4 Å². The van der Waals surface area contributed by atoms with E-state index in [2.05, 4.69) is 0 Å². The van der Waals surface area contributed by atoms with Gasteiger partial charge in [0.25, 0.3) is 0 Å². The van der Waals surface area contributed by atoms with Crippen LogP contribution in [0.15, 0.2) is 24.3 Å². The summed E-state index contributed by atoms with van der Waals surface area (Å²) in [5, 5.41) is 0. The molecule has 1 aromatic rings. The molecule has 21 heavy (non-hydrogen) atoms. The Kier molecular flexibility index (Phi) is 3.84. The van der Waals surface area contributed by atoms with Crippen LogP contribution in [-0.4, -0.2) is 44.8 Å². The zero-order valence-corrected chi connectivity index (χ0v) is 13.2. The van der Waals surface area contributed by atoms with Crippen LogP contribution in [-0.2, 0) is 10.0 Å². The average Bonchev–Trinajstić information content (AvgIpc) is 3.05. The molecule has 0 N–H and O–H groups in total. The standard InChI is InChI=1S/C15H21NO4S/c1-19-13-5-7-14(8-6-13)20-10-15-11-3-4-12(9-11)16(15)21(2,17)18/h5-8,11-12,15H,3-4,9-10H2,1-2H3/t11-,12-,15+/m0/s1. The minimum Gasteiger partial charge on any atom is -0.497 e. The van der Waals surface area contributed by atoms with Gasteiger partial charge in [0.1, 0.15) is 18.1 Å². The Bertz CT molecular complexity index is 599. The van der Waals surface area contributed by atoms with Crippen molar-refractivity contribution in [2.24, 2.45) is 5.92 Å². The molecule has 2 aliphatic rings. The molecule has 116 valence electrons. The Hall–Kier alpha value is -1.27. The first-order valence-corrected chi connectivity index (χ1v) is 9.09. The van der Waals surface area contributed by atoms with Crippen LogP contribution in [0.25, 0.3) is 0 Å². The molecule has 2 bridgehead atoms. The fourth-order valence-electron chi connectivity index (χ4n) is 3.63. The number of hydrogen-bond donors (Lipinski definition) is 0. The van der Waals surface area contributed by atoms with Gasteiger partial charge in [-0.25, -0.2) is 8.42 Å². The number of nitrogens with zero attached hydrogens (tertiary/aromatic N) is 1. The lowest BCUT2D eigenvalue weighted by molar-refractivity contribution is 0.163. The monoisotopic (exact) mass is 311 g/mol. The molecule has 1 heterocycles. The smallest absolute Gasteiger partial charge is 0.211 e. The number of hydrogen-bond acceptors (Lipinski definition) is 4. The first-order chi connectivity index (χ1) is 9.99. The van der Waals surface area contributed by atoms with Crippen molar-refractivity contribution in [3.05, 3.63) is 24.3 Å². The van der Waals surface area contributed by atoms with E-state index in [4.69, 9.17) is 9.47 Å². The number of benzene rings is 1. The molecule has 3 rings (SSSR count). The highest BCUT2D eigenvalue weighted by Gasteiger charge is 2.50. The molecule has 5 nitrogen and oxygen atoms in total. The summed E-state index contributed by atoms with van der Waals surface area (Å²) in [5.74, 6) is 1.95. The van der Waals surface area contributed by atoms with E-state index in [0.29, 0.717) is 12.5 Å². The van der Waals surface area contributed by atoms with E-state index < -0.39 is 10.0 Å². The van der Waals surface area contributed by atoms with Crippen molar-refractivity contribution in [3.8, 4) is 11.5 Å². The lowest BCUT2D eigenvalue weighted by Crippen LogP contribution is -2.47. The minimum absolute atomic E-state index is 0.0270. The van der Waals surface area contributed by atoms with Crippen LogP contribution in [0.1, 0.15) is 19.3 Å². The third kappa shape index (κ3) is 2.87. The van der Waals surface area contributed by atoms with E-state index in [1.54, 1.807) is 11.4 Å². The third-order valence-electron chi connectivity index (χ3n) is 4.54. The van der Waals surface area contributed by atoms with E-state index in [-0.39, 0.29) is 12.1 Å². The molecule has 0 amide bonds. The molecule has 2 fully saturated rings. The fourth-order valence-corrected chi connectivity index (χ4v) is 5.09. The van der Waals surface area contributed by atoms with Crippen molar-refractivity contribution in [3.63, 3.8) is 0 Å². The van der Waals surface area contributed by atoms with Gasteiger partial charge in [-0.1, -0.05) is 0 Å². The molecule has 0 aromatic heterocycles. The van der Waals surface area contributed by atoms with E-state index in [0.717, 1.165) is 30.8 Å². The van der Waals surface area contributed by atoms with Crippen LogP contribution >= 0.6 is 0 Å². The van der Waals surface area contributed by atoms with Gasteiger partial charge in [0.05, 0.1) is 19.4 Å². The number of sulfonamides is 1. The molecular weight excluding hydrogens is 290 g/mol. The second kappa shape index (κ2) is 5.50. The first-order valence-electron chi connectivity index (χ1n) is 7.24. The molecule has 3 atom stereocenters. The summed E-state index contributed by atoms with van der Waals surface area (Å²) in [7, 11) is -1.54. The molecule has 6 heteroatoms. The Morgan fingerprint density at radius 2 is 1.86 bits per heavy atom. The zero-order valence-electron chi connectivity index (χ0n) is 12.4. The highest BCUT2D eigenvalue weighted by atomic mass is 32.2. The van der Waals surface area contributed by atoms with Gasteiger partial charge < -0.3 is 9.47 Å². The summed E-state index contributed by atoms with van der Waals surface area (Å²) >= 11 is 0. The minimum atomic E-state index is -3.16. The highest BCUT2D eigenvalue weighted by Crippen LogP contribution is 2.43. The summed E-state index contributed by atoms with van der Waals surface area (Å²) in [6, 6.07) is 7.51. The fraction of sp³-hybridized carbons (Fsp3) is 0.600. The molecular formula is C15H21NO4S. The Balaban J connectivity index is 1.68. The van der Waals surface area contributed by atoms with E-state index in [1.807, 2.05) is 24.3 Å². The SMILES string of the molecule is COc1ccc(OC[C@@H]2[C@H]3CC[C@@H](C3)N2S(C)(=O)=O)cc1. The maximum Gasteiger partial charge on any atom is 0.211 e. The summed E-state index contributed by atoms with van der Waals surface area (Å²) in [6.45, 7) is 0.417. The summed E-state index contributed by atoms with van der Waals surface area (Å²) in [6.07, 6.45) is 4.36. The van der Waals surface area contributed by atoms with Gasteiger partial charge in [0.2, 0.25) is 10.0 Å². The quantitative estimate of drug-likeness (QED) is 0.833. The molecule has 1 saturated carbocycles. The molecule has 0 unspecified atom stereocenters. The number of piperidine rings is 1. The van der Waals surface area contributed by atoms with Gasteiger partial charge >= 0.3 is 0 Å². The van der Waals surface area contributed by atoms with E-state index in [9.17, 15) is 8.42 Å². The first kappa shape index (κ1) is 14.7. The zero-order chi connectivity index (χ0) is 15.0. The largest absolute Gasteiger partial charge is 0.497 e. The van der Waals surface area contributed by atoms with Gasteiger partial charge in [0, 0.05) is 6.04 Å². The predicted octanol–water partition coefficient (Wildman–Crippen LogP) is 1.89. The lowest BCUT2D eigenvalue weighted by atomic mass is 10.0. The Labute approximate surface area is 125 Å². The maximum atomic E-state index is 12.0. The van der Waals surface area contributed by atoms with Gasteiger partial charge in [0.15, 0.2) is 0 Å². The van der Waals surface area contributed by atoms with Crippen molar-refractivity contribution in [2.75, 3.05) is 20.0 Å². The van der Waals surface area contributed by atoms with Crippen LogP contribution in [0.2, 0.25) is 0 Å². The normalized spacial score (nSPS) is 28.8. The number of rotatable bonds is 5. The lowest BCUT2D eigenvalue weighted by Gasteiger charge is -2.33. The number of methoxy groups -OCH3 is 1. The van der Waals surface area contributed by atoms with Crippen molar-refractivity contribution in [1.29, 1.82) is 0 Å². The van der Waals surface area contributed by atoms with Gasteiger partial charge in [-0.15, -0.1) is 0 Å². The third-order valence-corrected chi connectivity index (χ3v) is 5.87. The topological polar surface area (TPSA) is 55.8 Å². The predicted molar refractivity (Wildman–Crippen MR) is 80.1 cm³/mol. The average molecular weight is 311 g/mol. The van der Waals surface area contributed by atoms with Crippen molar-refractivity contribution in [2.45, 2.75) is 31.3 Å².